The molecule has 0 heterocycles. The predicted octanol–water partition coefficient (Wildman–Crippen LogP) is 5.43. The number of alkyl halides is 3. The fourth-order valence-corrected chi connectivity index (χ4v) is 2.83. The highest BCUT2D eigenvalue weighted by molar-refractivity contribution is 9.10. The summed E-state index contributed by atoms with van der Waals surface area (Å²) in [6.07, 6.45) is 0. The Bertz CT molecular complexity index is 662. The van der Waals surface area contributed by atoms with Crippen molar-refractivity contribution >= 4 is 33.5 Å². The van der Waals surface area contributed by atoms with E-state index in [0.29, 0.717) is 10.0 Å². The van der Waals surface area contributed by atoms with Gasteiger partial charge in [-0.15, -0.1) is 0 Å². The number of benzene rings is 2. The van der Waals surface area contributed by atoms with Crippen molar-refractivity contribution in [1.29, 1.82) is 0 Å². The minimum atomic E-state index is -4.57. The van der Waals surface area contributed by atoms with Crippen LogP contribution in [-0.4, -0.2) is 16.7 Å². The van der Waals surface area contributed by atoms with Crippen molar-refractivity contribution in [1.82, 2.24) is 0 Å². The van der Waals surface area contributed by atoms with Gasteiger partial charge in [-0.2, -0.15) is 13.2 Å². The van der Waals surface area contributed by atoms with Gasteiger partial charge >= 0.3 is 5.51 Å². The number of ether oxygens (including phenoxy) is 1. The molecule has 0 radical (unpaired) electrons. The molecule has 0 aliphatic carbocycles. The van der Waals surface area contributed by atoms with Crippen LogP contribution in [0.5, 0.6) is 0 Å². The molecule has 2 aromatic carbocycles. The van der Waals surface area contributed by atoms with Gasteiger partial charge in [-0.3, -0.25) is 4.79 Å². The van der Waals surface area contributed by atoms with E-state index in [2.05, 4.69) is 15.9 Å². The Balaban J connectivity index is 2.14. The zero-order valence-electron chi connectivity index (χ0n) is 11.7. The van der Waals surface area contributed by atoms with Gasteiger partial charge in [-0.05, 0) is 23.4 Å². The smallest absolute Gasteiger partial charge is 0.354 e. The fourth-order valence-electron chi connectivity index (χ4n) is 1.80. The molecule has 0 N–H and O–H groups in total. The minimum Gasteiger partial charge on any atom is -0.354 e. The summed E-state index contributed by atoms with van der Waals surface area (Å²) in [4.78, 5) is 12.3. The molecule has 0 saturated carbocycles. The molecule has 0 aliphatic rings. The molecular formula is C16H12BrF3O2S. The highest BCUT2D eigenvalue weighted by Crippen LogP contribution is 2.36. The van der Waals surface area contributed by atoms with Crippen LogP contribution in [0.15, 0.2) is 59.1 Å². The van der Waals surface area contributed by atoms with E-state index < -0.39 is 28.5 Å². The molecule has 0 aliphatic heterocycles. The van der Waals surface area contributed by atoms with E-state index in [9.17, 15) is 18.0 Å². The van der Waals surface area contributed by atoms with Gasteiger partial charge in [-0.1, -0.05) is 64.5 Å². The topological polar surface area (TPSA) is 26.3 Å². The number of carbonyl (C=O) groups is 1. The summed E-state index contributed by atoms with van der Waals surface area (Å²) in [5.41, 5.74) is -5.37. The van der Waals surface area contributed by atoms with Crippen molar-refractivity contribution in [3.8, 4) is 0 Å². The largest absolute Gasteiger partial charge is 0.444 e. The zero-order valence-corrected chi connectivity index (χ0v) is 14.1. The quantitative estimate of drug-likeness (QED) is 0.474. The van der Waals surface area contributed by atoms with E-state index >= 15 is 0 Å². The van der Waals surface area contributed by atoms with Crippen LogP contribution in [0.2, 0.25) is 0 Å². The van der Waals surface area contributed by atoms with E-state index in [1.54, 1.807) is 42.5 Å². The Morgan fingerprint density at radius 2 is 1.70 bits per heavy atom. The molecule has 23 heavy (non-hydrogen) atoms. The van der Waals surface area contributed by atoms with Crippen LogP contribution in [0.25, 0.3) is 0 Å². The molecule has 122 valence electrons. The van der Waals surface area contributed by atoms with Gasteiger partial charge in [0, 0.05) is 10.0 Å². The van der Waals surface area contributed by atoms with Gasteiger partial charge in [0.1, 0.15) is 0 Å². The lowest BCUT2D eigenvalue weighted by Gasteiger charge is -2.18. The molecule has 0 spiro atoms. The van der Waals surface area contributed by atoms with Crippen molar-refractivity contribution in [3.63, 3.8) is 0 Å². The Morgan fingerprint density at radius 1 is 1.09 bits per heavy atom. The summed E-state index contributed by atoms with van der Waals surface area (Å²) in [7, 11) is 0. The summed E-state index contributed by atoms with van der Waals surface area (Å²) in [5, 5.41) is 0. The van der Waals surface area contributed by atoms with Crippen molar-refractivity contribution in [3.05, 3.63) is 70.2 Å². The van der Waals surface area contributed by atoms with E-state index in [4.69, 9.17) is 4.74 Å². The van der Waals surface area contributed by atoms with Crippen molar-refractivity contribution in [2.45, 2.75) is 17.6 Å². The molecule has 7 heteroatoms. The molecule has 2 rings (SSSR count). The first-order chi connectivity index (χ1) is 10.9. The number of thioether (sulfide) groups is 1. The number of rotatable bonds is 6. The number of halogens is 4. The number of ketones is 1. The highest BCUT2D eigenvalue weighted by atomic mass is 79.9. The molecule has 0 saturated heterocycles. The van der Waals surface area contributed by atoms with Gasteiger partial charge in [0.2, 0.25) is 5.78 Å². The number of hydrogen-bond donors (Lipinski definition) is 0. The van der Waals surface area contributed by atoms with Crippen LogP contribution in [0.3, 0.4) is 0 Å². The van der Waals surface area contributed by atoms with Gasteiger partial charge < -0.3 is 4.74 Å². The van der Waals surface area contributed by atoms with E-state index in [1.165, 1.54) is 12.1 Å². The standard InChI is InChI=1S/C16H12BrF3O2S/c17-13-9-5-4-8-12(13)10-22-15(23-16(18,19)20)14(21)11-6-2-1-3-7-11/h1-9,15H,10H2. The third-order valence-electron chi connectivity index (χ3n) is 2.86. The Labute approximate surface area is 144 Å². The van der Waals surface area contributed by atoms with Crippen LogP contribution in [0, 0.1) is 0 Å². The molecule has 0 amide bonds. The van der Waals surface area contributed by atoms with Gasteiger partial charge in [0.05, 0.1) is 6.61 Å². The third-order valence-corrected chi connectivity index (χ3v) is 4.47. The number of hydrogen-bond acceptors (Lipinski definition) is 3. The summed E-state index contributed by atoms with van der Waals surface area (Å²) in [6.45, 7) is -0.103. The molecule has 0 aromatic heterocycles. The molecule has 2 nitrogen and oxygen atoms in total. The molecular weight excluding hydrogens is 393 g/mol. The SMILES string of the molecule is O=C(c1ccccc1)C(OCc1ccccc1Br)SC(F)(F)F. The van der Waals surface area contributed by atoms with Crippen LogP contribution in [0.4, 0.5) is 13.2 Å². The summed E-state index contributed by atoms with van der Waals surface area (Å²) < 4.78 is 44.1. The minimum absolute atomic E-state index is 0.103. The fraction of sp³-hybridized carbons (Fsp3) is 0.188. The Morgan fingerprint density at radius 3 is 2.30 bits per heavy atom. The molecule has 2 aromatic rings. The van der Waals surface area contributed by atoms with Crippen LogP contribution in [-0.2, 0) is 11.3 Å². The average Bonchev–Trinajstić information content (AvgIpc) is 2.52. The monoisotopic (exact) mass is 404 g/mol. The highest BCUT2D eigenvalue weighted by Gasteiger charge is 2.37. The predicted molar refractivity (Wildman–Crippen MR) is 87.1 cm³/mol. The second-order valence-electron chi connectivity index (χ2n) is 4.53. The molecule has 1 atom stereocenters. The normalized spacial score (nSPS) is 12.9. The van der Waals surface area contributed by atoms with Crippen molar-refractivity contribution in [2.75, 3.05) is 0 Å². The average molecular weight is 405 g/mol. The maximum absolute atomic E-state index is 12.7. The third kappa shape index (κ3) is 5.67. The lowest BCUT2D eigenvalue weighted by atomic mass is 10.1. The first-order valence-electron chi connectivity index (χ1n) is 6.55. The van der Waals surface area contributed by atoms with E-state index in [-0.39, 0.29) is 12.2 Å². The maximum Gasteiger partial charge on any atom is 0.444 e. The second kappa shape index (κ2) is 7.99. The first-order valence-corrected chi connectivity index (χ1v) is 8.23. The zero-order chi connectivity index (χ0) is 16.9. The Kier molecular flexibility index (Phi) is 6.26. The van der Waals surface area contributed by atoms with E-state index in [0.717, 1.165) is 0 Å². The summed E-state index contributed by atoms with van der Waals surface area (Å²) >= 11 is 2.84. The Hall–Kier alpha value is -1.31. The number of Topliss-reactive ketones (excluding diaryl/α,β-unsaturated/α-hetero) is 1. The van der Waals surface area contributed by atoms with Crippen LogP contribution in [0.1, 0.15) is 15.9 Å². The van der Waals surface area contributed by atoms with Crippen LogP contribution < -0.4 is 0 Å². The van der Waals surface area contributed by atoms with Gasteiger partial charge in [0.25, 0.3) is 0 Å². The number of carbonyl (C=O) groups excluding carboxylic acids is 1. The summed E-state index contributed by atoms with van der Waals surface area (Å²) in [6, 6.07) is 14.8. The molecule has 0 fully saturated rings. The van der Waals surface area contributed by atoms with Crippen LogP contribution >= 0.6 is 27.7 Å². The first kappa shape index (κ1) is 18.0. The van der Waals surface area contributed by atoms with Gasteiger partial charge in [-0.25, -0.2) is 0 Å². The lowest BCUT2D eigenvalue weighted by Crippen LogP contribution is -2.25. The van der Waals surface area contributed by atoms with Crippen molar-refractivity contribution in [2.24, 2.45) is 0 Å². The van der Waals surface area contributed by atoms with Crippen molar-refractivity contribution < 1.29 is 22.7 Å². The second-order valence-corrected chi connectivity index (χ2v) is 6.51. The van der Waals surface area contributed by atoms with Gasteiger partial charge in [0.15, 0.2) is 5.44 Å². The molecule has 0 bridgehead atoms. The molecule has 1 unspecified atom stereocenters. The van der Waals surface area contributed by atoms with E-state index in [1.807, 2.05) is 0 Å². The maximum atomic E-state index is 12.7. The summed E-state index contributed by atoms with van der Waals surface area (Å²) in [5.74, 6) is -0.708. The lowest BCUT2D eigenvalue weighted by molar-refractivity contribution is -0.0370.